The Morgan fingerprint density at radius 3 is 2.96 bits per heavy atom. The second kappa shape index (κ2) is 7.30. The lowest BCUT2D eigenvalue weighted by atomic mass is 10.1. The van der Waals surface area contributed by atoms with Crippen molar-refractivity contribution in [1.29, 1.82) is 0 Å². The molecule has 0 radical (unpaired) electrons. The highest BCUT2D eigenvalue weighted by Gasteiger charge is 2.34. The van der Waals surface area contributed by atoms with E-state index in [9.17, 15) is 9.59 Å². The van der Waals surface area contributed by atoms with Crippen LogP contribution in [0.4, 0.5) is 0 Å². The highest BCUT2D eigenvalue weighted by Crippen LogP contribution is 2.24. The van der Waals surface area contributed by atoms with E-state index in [1.807, 2.05) is 30.5 Å². The van der Waals surface area contributed by atoms with Gasteiger partial charge in [-0.3, -0.25) is 9.59 Å². The van der Waals surface area contributed by atoms with E-state index < -0.39 is 0 Å². The number of para-hydroxylation sites is 1. The van der Waals surface area contributed by atoms with Crippen LogP contribution in [0.5, 0.6) is 0 Å². The average molecular weight is 345 g/mol. The molecule has 0 bridgehead atoms. The van der Waals surface area contributed by atoms with Crippen LogP contribution in [-0.4, -0.2) is 45.9 Å². The lowest BCUT2D eigenvalue weighted by molar-refractivity contribution is -0.137. The number of aromatic nitrogens is 1. The largest absolute Gasteiger partial charge is 0.361 e. The van der Waals surface area contributed by atoms with Crippen LogP contribution in [0.15, 0.2) is 30.5 Å². The van der Waals surface area contributed by atoms with Crippen molar-refractivity contribution in [2.75, 3.05) is 18.2 Å². The molecule has 1 fully saturated rings. The molecule has 0 saturated carbocycles. The van der Waals surface area contributed by atoms with Gasteiger partial charge in [0.2, 0.25) is 11.8 Å². The van der Waals surface area contributed by atoms with E-state index in [-0.39, 0.29) is 17.9 Å². The molecule has 24 heavy (non-hydrogen) atoms. The van der Waals surface area contributed by atoms with E-state index in [1.54, 1.807) is 16.7 Å². The lowest BCUT2D eigenvalue weighted by Gasteiger charge is -2.23. The number of aromatic amines is 1. The van der Waals surface area contributed by atoms with Gasteiger partial charge in [0, 0.05) is 29.4 Å². The molecule has 6 heteroatoms. The van der Waals surface area contributed by atoms with Gasteiger partial charge < -0.3 is 15.2 Å². The SMILES string of the molecule is CC(C)CNC(=O)[C@@H]1CSCN1C(=O)Cc1c[nH]c2ccccc12. The number of thioether (sulfide) groups is 1. The number of fused-ring (bicyclic) bond motifs is 1. The topological polar surface area (TPSA) is 65.2 Å². The van der Waals surface area contributed by atoms with Gasteiger partial charge in [0.15, 0.2) is 0 Å². The maximum Gasteiger partial charge on any atom is 0.243 e. The van der Waals surface area contributed by atoms with Crippen molar-refractivity contribution in [2.24, 2.45) is 5.92 Å². The summed E-state index contributed by atoms with van der Waals surface area (Å²) in [6.45, 7) is 4.76. The zero-order valence-corrected chi connectivity index (χ0v) is 14.9. The smallest absolute Gasteiger partial charge is 0.243 e. The first kappa shape index (κ1) is 16.9. The molecule has 1 aromatic carbocycles. The number of benzene rings is 1. The van der Waals surface area contributed by atoms with Crippen LogP contribution in [0, 0.1) is 5.92 Å². The van der Waals surface area contributed by atoms with Crippen LogP contribution >= 0.6 is 11.8 Å². The van der Waals surface area contributed by atoms with E-state index in [2.05, 4.69) is 24.1 Å². The fourth-order valence-corrected chi connectivity index (χ4v) is 4.05. The van der Waals surface area contributed by atoms with Crippen LogP contribution in [0.1, 0.15) is 19.4 Å². The first-order valence-electron chi connectivity index (χ1n) is 8.26. The van der Waals surface area contributed by atoms with Gasteiger partial charge in [0.05, 0.1) is 12.3 Å². The Labute approximate surface area is 146 Å². The van der Waals surface area contributed by atoms with Gasteiger partial charge in [0.25, 0.3) is 0 Å². The van der Waals surface area contributed by atoms with Crippen molar-refractivity contribution in [3.63, 3.8) is 0 Å². The molecule has 1 aliphatic rings. The van der Waals surface area contributed by atoms with Crippen LogP contribution in [0.25, 0.3) is 10.9 Å². The molecule has 3 rings (SSSR count). The second-order valence-electron chi connectivity index (χ2n) is 6.55. The van der Waals surface area contributed by atoms with Gasteiger partial charge in [-0.2, -0.15) is 0 Å². The number of nitrogens with zero attached hydrogens (tertiary/aromatic N) is 1. The van der Waals surface area contributed by atoms with E-state index in [1.165, 1.54) is 0 Å². The number of carbonyl (C=O) groups excluding carboxylic acids is 2. The van der Waals surface area contributed by atoms with Gasteiger partial charge in [-0.15, -0.1) is 11.8 Å². The number of nitrogens with one attached hydrogen (secondary N) is 2. The van der Waals surface area contributed by atoms with Crippen molar-refractivity contribution < 1.29 is 9.59 Å². The molecule has 1 aliphatic heterocycles. The van der Waals surface area contributed by atoms with Gasteiger partial charge in [-0.1, -0.05) is 32.0 Å². The summed E-state index contributed by atoms with van der Waals surface area (Å²) in [5, 5.41) is 4.01. The minimum absolute atomic E-state index is 0.00875. The first-order chi connectivity index (χ1) is 11.6. The molecule has 2 heterocycles. The van der Waals surface area contributed by atoms with E-state index in [0.717, 1.165) is 16.5 Å². The van der Waals surface area contributed by atoms with Crippen molar-refractivity contribution in [2.45, 2.75) is 26.3 Å². The Bertz CT molecular complexity index is 741. The normalized spacial score (nSPS) is 17.6. The molecule has 2 N–H and O–H groups in total. The Balaban J connectivity index is 1.68. The molecule has 0 spiro atoms. The lowest BCUT2D eigenvalue weighted by Crippen LogP contribution is -2.48. The summed E-state index contributed by atoms with van der Waals surface area (Å²) in [4.78, 5) is 30.0. The maximum absolute atomic E-state index is 12.7. The molecule has 0 aliphatic carbocycles. The summed E-state index contributed by atoms with van der Waals surface area (Å²) in [5.41, 5.74) is 2.01. The van der Waals surface area contributed by atoms with Gasteiger partial charge in [-0.05, 0) is 17.5 Å². The number of carbonyl (C=O) groups is 2. The third kappa shape index (κ3) is 3.59. The molecule has 0 unspecified atom stereocenters. The van der Waals surface area contributed by atoms with Crippen LogP contribution in [0.2, 0.25) is 0 Å². The summed E-state index contributed by atoms with van der Waals surface area (Å²) < 4.78 is 0. The minimum atomic E-state index is -0.355. The molecular formula is C18H23N3O2S. The van der Waals surface area contributed by atoms with E-state index >= 15 is 0 Å². The number of hydrogen-bond donors (Lipinski definition) is 2. The van der Waals surface area contributed by atoms with Gasteiger partial charge in [0.1, 0.15) is 6.04 Å². The van der Waals surface area contributed by atoms with Gasteiger partial charge in [-0.25, -0.2) is 0 Å². The number of H-pyrrole nitrogens is 1. The van der Waals surface area contributed by atoms with Crippen molar-refractivity contribution in [1.82, 2.24) is 15.2 Å². The molecule has 1 atom stereocenters. The van der Waals surface area contributed by atoms with Gasteiger partial charge >= 0.3 is 0 Å². The highest BCUT2D eigenvalue weighted by atomic mass is 32.2. The Kier molecular flexibility index (Phi) is 5.14. The summed E-state index contributed by atoms with van der Waals surface area (Å²) in [7, 11) is 0. The summed E-state index contributed by atoms with van der Waals surface area (Å²) in [6.07, 6.45) is 2.21. The zero-order valence-electron chi connectivity index (χ0n) is 14.0. The predicted octanol–water partition coefficient (Wildman–Crippen LogP) is 2.38. The van der Waals surface area contributed by atoms with Crippen molar-refractivity contribution >= 4 is 34.5 Å². The average Bonchev–Trinajstić information content (AvgIpc) is 3.20. The molecule has 1 saturated heterocycles. The maximum atomic E-state index is 12.7. The van der Waals surface area contributed by atoms with Crippen LogP contribution < -0.4 is 5.32 Å². The first-order valence-corrected chi connectivity index (χ1v) is 9.41. The molecule has 2 aromatic rings. The molecule has 1 aromatic heterocycles. The number of amides is 2. The summed E-state index contributed by atoms with van der Waals surface area (Å²) in [6, 6.07) is 7.60. The third-order valence-corrected chi connectivity index (χ3v) is 5.22. The number of rotatable bonds is 5. The summed E-state index contributed by atoms with van der Waals surface area (Å²) in [5.74, 6) is 1.62. The van der Waals surface area contributed by atoms with Crippen LogP contribution in [-0.2, 0) is 16.0 Å². The predicted molar refractivity (Wildman–Crippen MR) is 97.8 cm³/mol. The Hall–Kier alpha value is -1.95. The molecule has 5 nitrogen and oxygen atoms in total. The monoisotopic (exact) mass is 345 g/mol. The fraction of sp³-hybridized carbons (Fsp3) is 0.444. The molecule has 2 amide bonds. The standard InChI is InChI=1S/C18H23N3O2S/c1-12(2)8-20-18(23)16-10-24-11-21(16)17(22)7-13-9-19-15-6-4-3-5-14(13)15/h3-6,9,12,16,19H,7-8,10-11H2,1-2H3,(H,20,23)/t16-/m0/s1. The second-order valence-corrected chi connectivity index (χ2v) is 7.55. The summed E-state index contributed by atoms with van der Waals surface area (Å²) >= 11 is 1.63. The van der Waals surface area contributed by atoms with Crippen molar-refractivity contribution in [3.05, 3.63) is 36.0 Å². The minimum Gasteiger partial charge on any atom is -0.361 e. The zero-order chi connectivity index (χ0) is 17.1. The molecular weight excluding hydrogens is 322 g/mol. The highest BCUT2D eigenvalue weighted by molar-refractivity contribution is 7.99. The number of hydrogen-bond acceptors (Lipinski definition) is 3. The van der Waals surface area contributed by atoms with Crippen LogP contribution in [0.3, 0.4) is 0 Å². The van der Waals surface area contributed by atoms with Crippen molar-refractivity contribution in [3.8, 4) is 0 Å². The fourth-order valence-electron chi connectivity index (χ4n) is 2.87. The van der Waals surface area contributed by atoms with E-state index in [0.29, 0.717) is 30.5 Å². The molecule has 128 valence electrons. The third-order valence-electron chi connectivity index (χ3n) is 4.21. The Morgan fingerprint density at radius 1 is 1.38 bits per heavy atom. The quantitative estimate of drug-likeness (QED) is 0.874. The van der Waals surface area contributed by atoms with E-state index in [4.69, 9.17) is 0 Å². The Morgan fingerprint density at radius 2 is 2.17 bits per heavy atom.